The zero-order chi connectivity index (χ0) is 9.84. The first-order chi connectivity index (χ1) is 6.13. The first-order valence-electron chi connectivity index (χ1n) is 5.06. The summed E-state index contributed by atoms with van der Waals surface area (Å²) in [6.45, 7) is 9.62. The van der Waals surface area contributed by atoms with E-state index in [-0.39, 0.29) is 11.8 Å². The highest BCUT2D eigenvalue weighted by Gasteiger charge is 2.22. The van der Waals surface area contributed by atoms with Crippen LogP contribution in [0.5, 0.6) is 0 Å². The fraction of sp³-hybridized carbons (Fsp3) is 0.727. The molecule has 1 rings (SSSR count). The van der Waals surface area contributed by atoms with Crippen LogP contribution in [-0.4, -0.2) is 29.8 Å². The number of hydrogen-bond acceptors (Lipinski definition) is 2. The Hall–Kier alpha value is -0.630. The van der Waals surface area contributed by atoms with E-state index in [1.54, 1.807) is 6.92 Å². The van der Waals surface area contributed by atoms with Crippen LogP contribution >= 0.6 is 0 Å². The van der Waals surface area contributed by atoms with Crippen molar-refractivity contribution in [3.8, 4) is 0 Å². The molecule has 0 saturated carbocycles. The zero-order valence-electron chi connectivity index (χ0n) is 8.68. The minimum atomic E-state index is 0.0396. The highest BCUT2D eigenvalue weighted by Crippen LogP contribution is 2.14. The van der Waals surface area contributed by atoms with Gasteiger partial charge in [0.05, 0.1) is 6.04 Å². The van der Waals surface area contributed by atoms with Crippen LogP contribution in [0.3, 0.4) is 0 Å². The Labute approximate surface area is 80.6 Å². The monoisotopic (exact) mass is 181 g/mol. The summed E-state index contributed by atoms with van der Waals surface area (Å²) in [7, 11) is 0. The number of Topliss-reactive ketones (excluding diaryl/α,β-unsaturated/α-hetero) is 1. The van der Waals surface area contributed by atoms with Gasteiger partial charge in [0, 0.05) is 0 Å². The molecule has 74 valence electrons. The number of hydrogen-bond donors (Lipinski definition) is 0. The summed E-state index contributed by atoms with van der Waals surface area (Å²) in [6.07, 6.45) is 3.77. The van der Waals surface area contributed by atoms with Gasteiger partial charge < -0.3 is 0 Å². The molecule has 0 aromatic carbocycles. The highest BCUT2D eigenvalue weighted by molar-refractivity contribution is 5.98. The normalized spacial score (nSPS) is 21.1. The van der Waals surface area contributed by atoms with Crippen LogP contribution in [-0.2, 0) is 4.79 Å². The number of ketones is 1. The van der Waals surface area contributed by atoms with E-state index in [1.807, 2.05) is 6.92 Å². The Morgan fingerprint density at radius 3 is 2.31 bits per heavy atom. The molecule has 0 aromatic rings. The Morgan fingerprint density at radius 2 is 1.85 bits per heavy atom. The molecule has 1 atom stereocenters. The van der Waals surface area contributed by atoms with Crippen molar-refractivity contribution < 1.29 is 4.79 Å². The molecule has 1 aliphatic heterocycles. The summed E-state index contributed by atoms with van der Waals surface area (Å²) in [4.78, 5) is 13.9. The van der Waals surface area contributed by atoms with E-state index >= 15 is 0 Å². The second-order valence-electron chi connectivity index (χ2n) is 3.92. The maximum atomic E-state index is 11.6. The zero-order valence-corrected chi connectivity index (χ0v) is 8.68. The SMILES string of the molecule is C=C(C)C(=O)C(C)N1CCCCC1. The van der Waals surface area contributed by atoms with Crippen molar-refractivity contribution in [3.63, 3.8) is 0 Å². The third-order valence-electron chi connectivity index (χ3n) is 2.74. The molecule has 0 radical (unpaired) electrons. The van der Waals surface area contributed by atoms with Gasteiger partial charge in [-0.1, -0.05) is 13.0 Å². The Kier molecular flexibility index (Phi) is 3.67. The molecule has 1 saturated heterocycles. The molecule has 0 aliphatic carbocycles. The van der Waals surface area contributed by atoms with Crippen LogP contribution in [0.25, 0.3) is 0 Å². The molecule has 1 heterocycles. The van der Waals surface area contributed by atoms with Crippen LogP contribution < -0.4 is 0 Å². The molecule has 1 aliphatic rings. The van der Waals surface area contributed by atoms with Gasteiger partial charge in [0.2, 0.25) is 0 Å². The quantitative estimate of drug-likeness (QED) is 0.621. The Balaban J connectivity index is 2.49. The summed E-state index contributed by atoms with van der Waals surface area (Å²) < 4.78 is 0. The summed E-state index contributed by atoms with van der Waals surface area (Å²) in [5, 5.41) is 0. The van der Waals surface area contributed by atoms with Crippen molar-refractivity contribution in [2.24, 2.45) is 0 Å². The maximum absolute atomic E-state index is 11.6. The Bertz CT molecular complexity index is 204. The Morgan fingerprint density at radius 1 is 1.31 bits per heavy atom. The molecule has 1 fully saturated rings. The summed E-state index contributed by atoms with van der Waals surface area (Å²) in [5.74, 6) is 0.196. The van der Waals surface area contributed by atoms with Gasteiger partial charge in [-0.2, -0.15) is 0 Å². The van der Waals surface area contributed by atoms with Crippen LogP contribution in [0.2, 0.25) is 0 Å². The largest absolute Gasteiger partial charge is 0.294 e. The number of carbonyl (C=O) groups is 1. The smallest absolute Gasteiger partial charge is 0.174 e. The van der Waals surface area contributed by atoms with Crippen molar-refractivity contribution in [1.82, 2.24) is 4.90 Å². The average Bonchev–Trinajstić information content (AvgIpc) is 2.17. The van der Waals surface area contributed by atoms with Gasteiger partial charge in [-0.25, -0.2) is 0 Å². The first-order valence-corrected chi connectivity index (χ1v) is 5.06. The van der Waals surface area contributed by atoms with Crippen molar-refractivity contribution in [2.45, 2.75) is 39.2 Å². The number of nitrogens with zero attached hydrogens (tertiary/aromatic N) is 1. The van der Waals surface area contributed by atoms with Crippen LogP contribution in [0, 0.1) is 0 Å². The maximum Gasteiger partial charge on any atom is 0.174 e. The molecule has 0 amide bonds. The predicted molar refractivity (Wildman–Crippen MR) is 54.7 cm³/mol. The minimum Gasteiger partial charge on any atom is -0.294 e. The first kappa shape index (κ1) is 10.5. The molecule has 2 heteroatoms. The van der Waals surface area contributed by atoms with E-state index < -0.39 is 0 Å². The highest BCUT2D eigenvalue weighted by atomic mass is 16.1. The lowest BCUT2D eigenvalue weighted by molar-refractivity contribution is -0.120. The van der Waals surface area contributed by atoms with E-state index in [4.69, 9.17) is 0 Å². The van der Waals surface area contributed by atoms with Gasteiger partial charge in [0.1, 0.15) is 0 Å². The molecule has 1 unspecified atom stereocenters. The van der Waals surface area contributed by atoms with E-state index in [9.17, 15) is 4.79 Å². The molecule has 0 N–H and O–H groups in total. The van der Waals surface area contributed by atoms with Crippen molar-refractivity contribution in [2.75, 3.05) is 13.1 Å². The molecule has 0 bridgehead atoms. The van der Waals surface area contributed by atoms with Crippen molar-refractivity contribution >= 4 is 5.78 Å². The topological polar surface area (TPSA) is 20.3 Å². The van der Waals surface area contributed by atoms with E-state index in [2.05, 4.69) is 11.5 Å². The second kappa shape index (κ2) is 4.56. The van der Waals surface area contributed by atoms with Gasteiger partial charge >= 0.3 is 0 Å². The molecule has 2 nitrogen and oxygen atoms in total. The molecular weight excluding hydrogens is 162 g/mol. The standard InChI is InChI=1S/C11H19NO/c1-9(2)11(13)10(3)12-7-5-4-6-8-12/h10H,1,4-8H2,2-3H3. The van der Waals surface area contributed by atoms with E-state index in [1.165, 1.54) is 19.3 Å². The van der Waals surface area contributed by atoms with Crippen LogP contribution in [0.15, 0.2) is 12.2 Å². The lowest BCUT2D eigenvalue weighted by atomic mass is 10.0. The third kappa shape index (κ3) is 2.66. The number of likely N-dealkylation sites (tertiary alicyclic amines) is 1. The van der Waals surface area contributed by atoms with Crippen LogP contribution in [0.4, 0.5) is 0 Å². The number of rotatable bonds is 3. The van der Waals surface area contributed by atoms with Gasteiger partial charge in [-0.05, 0) is 45.4 Å². The number of piperidine rings is 1. The second-order valence-corrected chi connectivity index (χ2v) is 3.92. The number of carbonyl (C=O) groups excluding carboxylic acids is 1. The summed E-state index contributed by atoms with van der Waals surface area (Å²) in [5.41, 5.74) is 0.679. The van der Waals surface area contributed by atoms with E-state index in [0.29, 0.717) is 5.57 Å². The third-order valence-corrected chi connectivity index (χ3v) is 2.74. The van der Waals surface area contributed by atoms with Gasteiger partial charge in [-0.15, -0.1) is 0 Å². The molecule has 0 spiro atoms. The fourth-order valence-corrected chi connectivity index (χ4v) is 1.83. The van der Waals surface area contributed by atoms with Gasteiger partial charge in [0.15, 0.2) is 5.78 Å². The molecule has 13 heavy (non-hydrogen) atoms. The summed E-state index contributed by atoms with van der Waals surface area (Å²) in [6, 6.07) is 0.0396. The van der Waals surface area contributed by atoms with Crippen molar-refractivity contribution in [1.29, 1.82) is 0 Å². The van der Waals surface area contributed by atoms with Gasteiger partial charge in [-0.3, -0.25) is 9.69 Å². The lowest BCUT2D eigenvalue weighted by Gasteiger charge is -2.31. The van der Waals surface area contributed by atoms with E-state index in [0.717, 1.165) is 13.1 Å². The summed E-state index contributed by atoms with van der Waals surface area (Å²) >= 11 is 0. The minimum absolute atomic E-state index is 0.0396. The van der Waals surface area contributed by atoms with Gasteiger partial charge in [0.25, 0.3) is 0 Å². The fourth-order valence-electron chi connectivity index (χ4n) is 1.83. The molecule has 0 aromatic heterocycles. The predicted octanol–water partition coefficient (Wildman–Crippen LogP) is 2.01. The van der Waals surface area contributed by atoms with Crippen LogP contribution in [0.1, 0.15) is 33.1 Å². The lowest BCUT2D eigenvalue weighted by Crippen LogP contribution is -2.42. The average molecular weight is 181 g/mol. The molecular formula is C11H19NO. The van der Waals surface area contributed by atoms with Crippen molar-refractivity contribution in [3.05, 3.63) is 12.2 Å².